The highest BCUT2D eigenvalue weighted by atomic mass is 32.2. The van der Waals surface area contributed by atoms with Crippen LogP contribution in [0.1, 0.15) is 43.7 Å². The quantitative estimate of drug-likeness (QED) is 0.859. The van der Waals surface area contributed by atoms with Gasteiger partial charge in [-0.2, -0.15) is 11.8 Å². The van der Waals surface area contributed by atoms with Crippen molar-refractivity contribution in [2.75, 3.05) is 13.7 Å². The maximum Gasteiger partial charge on any atom is 0.122 e. The van der Waals surface area contributed by atoms with Gasteiger partial charge >= 0.3 is 0 Å². The summed E-state index contributed by atoms with van der Waals surface area (Å²) >= 11 is 2.06. The third-order valence-electron chi connectivity index (χ3n) is 3.98. The van der Waals surface area contributed by atoms with Gasteiger partial charge in [-0.25, -0.2) is 0 Å². The van der Waals surface area contributed by atoms with Crippen LogP contribution in [0, 0.1) is 17.8 Å². The zero-order valence-electron chi connectivity index (χ0n) is 13.0. The highest BCUT2D eigenvalue weighted by Crippen LogP contribution is 2.35. The average molecular weight is 303 g/mol. The molecule has 21 heavy (non-hydrogen) atoms. The van der Waals surface area contributed by atoms with Gasteiger partial charge in [0, 0.05) is 22.1 Å². The molecule has 1 aromatic carbocycles. The van der Waals surface area contributed by atoms with Crippen molar-refractivity contribution in [2.24, 2.45) is 11.7 Å². The summed E-state index contributed by atoms with van der Waals surface area (Å²) in [5.74, 6) is 8.85. The molecule has 2 N–H and O–H groups in total. The first kappa shape index (κ1) is 16.3. The van der Waals surface area contributed by atoms with E-state index in [4.69, 9.17) is 10.5 Å². The molecule has 1 saturated carbocycles. The predicted molar refractivity (Wildman–Crippen MR) is 91.6 cm³/mol. The Morgan fingerprint density at radius 2 is 2.24 bits per heavy atom. The Labute approximate surface area is 132 Å². The van der Waals surface area contributed by atoms with Crippen LogP contribution in [0.3, 0.4) is 0 Å². The molecule has 0 amide bonds. The molecular weight excluding hydrogens is 278 g/mol. The number of rotatable bonds is 4. The highest BCUT2D eigenvalue weighted by Gasteiger charge is 2.19. The summed E-state index contributed by atoms with van der Waals surface area (Å²) in [5, 5.41) is 0.789. The SMILES string of the molecule is COc1ccc(C#CCN)cc1CSC1CCCC(C)C1. The van der Waals surface area contributed by atoms with Crippen LogP contribution in [0.15, 0.2) is 18.2 Å². The molecule has 3 heteroatoms. The monoisotopic (exact) mass is 303 g/mol. The van der Waals surface area contributed by atoms with Crippen LogP contribution in [-0.2, 0) is 5.75 Å². The normalized spacial score (nSPS) is 21.5. The van der Waals surface area contributed by atoms with E-state index in [0.29, 0.717) is 6.54 Å². The number of methoxy groups -OCH3 is 1. The van der Waals surface area contributed by atoms with Gasteiger partial charge < -0.3 is 10.5 Å². The lowest BCUT2D eigenvalue weighted by atomic mass is 9.91. The number of hydrogen-bond donors (Lipinski definition) is 1. The molecule has 1 fully saturated rings. The second-order valence-corrected chi connectivity index (χ2v) is 7.03. The fraction of sp³-hybridized carbons (Fsp3) is 0.556. The molecule has 0 aromatic heterocycles. The van der Waals surface area contributed by atoms with Gasteiger partial charge in [-0.1, -0.05) is 31.6 Å². The van der Waals surface area contributed by atoms with Crippen molar-refractivity contribution in [3.8, 4) is 17.6 Å². The predicted octanol–water partition coefficient (Wildman–Crippen LogP) is 3.82. The number of ether oxygens (including phenoxy) is 1. The molecule has 1 aliphatic rings. The van der Waals surface area contributed by atoms with Crippen LogP contribution in [0.25, 0.3) is 0 Å². The van der Waals surface area contributed by atoms with E-state index >= 15 is 0 Å². The van der Waals surface area contributed by atoms with Gasteiger partial charge in [0.05, 0.1) is 13.7 Å². The Morgan fingerprint density at radius 3 is 2.95 bits per heavy atom. The van der Waals surface area contributed by atoms with Gasteiger partial charge in [0.25, 0.3) is 0 Å². The minimum absolute atomic E-state index is 0.399. The van der Waals surface area contributed by atoms with Gasteiger partial charge in [0.1, 0.15) is 5.75 Å². The number of benzene rings is 1. The molecule has 2 nitrogen and oxygen atoms in total. The topological polar surface area (TPSA) is 35.2 Å². The molecule has 2 rings (SSSR count). The summed E-state index contributed by atoms with van der Waals surface area (Å²) in [6.07, 6.45) is 5.46. The van der Waals surface area contributed by atoms with Crippen LogP contribution in [0.5, 0.6) is 5.75 Å². The van der Waals surface area contributed by atoms with Crippen molar-refractivity contribution in [3.05, 3.63) is 29.3 Å². The van der Waals surface area contributed by atoms with E-state index < -0.39 is 0 Å². The average Bonchev–Trinajstić information content (AvgIpc) is 2.51. The third kappa shape index (κ3) is 4.98. The number of thioether (sulfide) groups is 1. The summed E-state index contributed by atoms with van der Waals surface area (Å²) in [6, 6.07) is 6.15. The van der Waals surface area contributed by atoms with Crippen molar-refractivity contribution in [1.82, 2.24) is 0 Å². The Kier molecular flexibility index (Phi) is 6.48. The number of hydrogen-bond acceptors (Lipinski definition) is 3. The summed E-state index contributed by atoms with van der Waals surface area (Å²) < 4.78 is 5.48. The maximum atomic E-state index is 5.48. The Morgan fingerprint density at radius 1 is 1.38 bits per heavy atom. The molecule has 0 spiro atoms. The fourth-order valence-electron chi connectivity index (χ4n) is 2.86. The van der Waals surface area contributed by atoms with E-state index in [9.17, 15) is 0 Å². The Bertz CT molecular complexity index is 518. The first-order valence-corrected chi connectivity index (χ1v) is 8.75. The largest absolute Gasteiger partial charge is 0.496 e. The van der Waals surface area contributed by atoms with Crippen LogP contribution in [0.4, 0.5) is 0 Å². The molecule has 0 aliphatic heterocycles. The minimum Gasteiger partial charge on any atom is -0.496 e. The lowest BCUT2D eigenvalue weighted by molar-refractivity contribution is 0.394. The molecule has 0 radical (unpaired) electrons. The molecule has 0 bridgehead atoms. The summed E-state index contributed by atoms with van der Waals surface area (Å²) in [7, 11) is 1.73. The van der Waals surface area contributed by atoms with E-state index in [2.05, 4.69) is 36.6 Å². The molecule has 0 saturated heterocycles. The molecule has 2 unspecified atom stereocenters. The first-order chi connectivity index (χ1) is 10.2. The molecule has 1 aliphatic carbocycles. The van der Waals surface area contributed by atoms with Crippen molar-refractivity contribution < 1.29 is 4.74 Å². The van der Waals surface area contributed by atoms with E-state index in [0.717, 1.165) is 28.2 Å². The standard InChI is InChI=1S/C18H25NOS/c1-14-5-3-7-17(11-14)21-13-16-12-15(6-4-10-19)8-9-18(16)20-2/h8-9,12,14,17H,3,5,7,10-11,13,19H2,1-2H3. The van der Waals surface area contributed by atoms with Crippen LogP contribution >= 0.6 is 11.8 Å². The molecule has 2 atom stereocenters. The molecule has 0 heterocycles. The smallest absolute Gasteiger partial charge is 0.122 e. The van der Waals surface area contributed by atoms with Crippen LogP contribution < -0.4 is 10.5 Å². The van der Waals surface area contributed by atoms with Crippen LogP contribution in [-0.4, -0.2) is 18.9 Å². The lowest BCUT2D eigenvalue weighted by Crippen LogP contribution is -2.15. The van der Waals surface area contributed by atoms with Crippen molar-refractivity contribution in [3.63, 3.8) is 0 Å². The van der Waals surface area contributed by atoms with E-state index in [-0.39, 0.29) is 0 Å². The van der Waals surface area contributed by atoms with E-state index in [1.54, 1.807) is 7.11 Å². The summed E-state index contributed by atoms with van der Waals surface area (Å²) in [5.41, 5.74) is 7.70. The van der Waals surface area contributed by atoms with Crippen molar-refractivity contribution >= 4 is 11.8 Å². The van der Waals surface area contributed by atoms with E-state index in [1.165, 1.54) is 31.2 Å². The van der Waals surface area contributed by atoms with Gasteiger partial charge in [-0.15, -0.1) is 0 Å². The lowest BCUT2D eigenvalue weighted by Gasteiger charge is -2.26. The zero-order chi connectivity index (χ0) is 15.1. The minimum atomic E-state index is 0.399. The zero-order valence-corrected chi connectivity index (χ0v) is 13.8. The Hall–Kier alpha value is -1.11. The van der Waals surface area contributed by atoms with Crippen molar-refractivity contribution in [1.29, 1.82) is 0 Å². The second kappa shape index (κ2) is 8.36. The highest BCUT2D eigenvalue weighted by molar-refractivity contribution is 7.99. The first-order valence-electron chi connectivity index (χ1n) is 7.70. The summed E-state index contributed by atoms with van der Waals surface area (Å²) in [4.78, 5) is 0. The molecular formula is C18H25NOS. The third-order valence-corrected chi connectivity index (χ3v) is 5.36. The molecule has 114 valence electrons. The van der Waals surface area contributed by atoms with Gasteiger partial charge in [0.2, 0.25) is 0 Å². The number of nitrogens with two attached hydrogens (primary N) is 1. The molecule has 1 aromatic rings. The van der Waals surface area contributed by atoms with Gasteiger partial charge in [0.15, 0.2) is 0 Å². The van der Waals surface area contributed by atoms with E-state index in [1.807, 2.05) is 12.1 Å². The van der Waals surface area contributed by atoms with Gasteiger partial charge in [-0.3, -0.25) is 0 Å². The maximum absolute atomic E-state index is 5.48. The van der Waals surface area contributed by atoms with Gasteiger partial charge in [-0.05, 0) is 37.0 Å². The fourth-order valence-corrected chi connectivity index (χ4v) is 4.30. The summed E-state index contributed by atoms with van der Waals surface area (Å²) in [6.45, 7) is 2.77. The van der Waals surface area contributed by atoms with Crippen LogP contribution in [0.2, 0.25) is 0 Å². The Balaban J connectivity index is 2.03. The van der Waals surface area contributed by atoms with Crippen molar-refractivity contribution in [2.45, 2.75) is 43.6 Å². The second-order valence-electron chi connectivity index (χ2n) is 5.74.